The minimum Gasteiger partial charge on any atom is -0.490 e. The van der Waals surface area contributed by atoms with Crippen molar-refractivity contribution < 1.29 is 13.9 Å². The van der Waals surface area contributed by atoms with Gasteiger partial charge < -0.3 is 15.0 Å². The lowest BCUT2D eigenvalue weighted by Gasteiger charge is -2.35. The summed E-state index contributed by atoms with van der Waals surface area (Å²) in [5.41, 5.74) is 2.44. The molecule has 0 bridgehead atoms. The van der Waals surface area contributed by atoms with Crippen molar-refractivity contribution in [3.8, 4) is 5.75 Å². The summed E-state index contributed by atoms with van der Waals surface area (Å²) in [6, 6.07) is 12.5. The van der Waals surface area contributed by atoms with E-state index in [1.165, 1.54) is 18.2 Å². The summed E-state index contributed by atoms with van der Waals surface area (Å²) in [6.07, 6.45) is 2.84. The van der Waals surface area contributed by atoms with Gasteiger partial charge in [-0.1, -0.05) is 24.3 Å². The first kappa shape index (κ1) is 19.0. The number of nitrogens with zero attached hydrogens (tertiary/aromatic N) is 1. The molecule has 0 spiro atoms. The average Bonchev–Trinajstić information content (AvgIpc) is 2.66. The van der Waals surface area contributed by atoms with Crippen LogP contribution in [0.1, 0.15) is 37.9 Å². The smallest absolute Gasteiger partial charge is 0.244 e. The minimum absolute atomic E-state index is 0.177. The molecule has 2 aromatic carbocycles. The molecule has 4 nitrogen and oxygen atoms in total. The fourth-order valence-electron chi connectivity index (χ4n) is 3.18. The number of hydrogen-bond donors (Lipinski definition) is 1. The first-order valence-corrected chi connectivity index (χ1v) is 9.22. The highest BCUT2D eigenvalue weighted by Gasteiger charge is 2.21. The fourth-order valence-corrected chi connectivity index (χ4v) is 3.18. The lowest BCUT2D eigenvalue weighted by Crippen LogP contribution is -2.38. The van der Waals surface area contributed by atoms with Crippen LogP contribution in [-0.4, -0.2) is 25.1 Å². The number of benzene rings is 2. The number of rotatable bonds is 5. The standard InChI is InChI=1S/C22H25FN2O2/c1-15(2)25-12-13-27-21-10-8-18(14-20(21)25)16(3)24-22(26)11-9-17-6-4-5-7-19(17)23/h4-11,14-16H,12-13H2,1-3H3,(H,24,26)/b11-9+. The van der Waals surface area contributed by atoms with Gasteiger partial charge in [0.1, 0.15) is 18.2 Å². The predicted molar refractivity (Wildman–Crippen MR) is 106 cm³/mol. The van der Waals surface area contributed by atoms with Gasteiger partial charge in [-0.3, -0.25) is 4.79 Å². The number of carbonyl (C=O) groups excluding carboxylic acids is 1. The van der Waals surface area contributed by atoms with E-state index in [1.54, 1.807) is 18.2 Å². The van der Waals surface area contributed by atoms with Gasteiger partial charge in [-0.05, 0) is 50.6 Å². The van der Waals surface area contributed by atoms with E-state index in [2.05, 4.69) is 30.1 Å². The molecule has 1 aliphatic heterocycles. The molecule has 1 N–H and O–H groups in total. The van der Waals surface area contributed by atoms with Crippen molar-refractivity contribution in [3.05, 3.63) is 65.5 Å². The van der Waals surface area contributed by atoms with Crippen molar-refractivity contribution in [2.45, 2.75) is 32.9 Å². The number of fused-ring (bicyclic) bond motifs is 1. The van der Waals surface area contributed by atoms with E-state index in [-0.39, 0.29) is 17.8 Å². The van der Waals surface area contributed by atoms with Crippen LogP contribution in [0.25, 0.3) is 6.08 Å². The molecule has 3 rings (SSSR count). The lowest BCUT2D eigenvalue weighted by molar-refractivity contribution is -0.117. The second-order valence-corrected chi connectivity index (χ2v) is 6.95. The van der Waals surface area contributed by atoms with Crippen LogP contribution in [0.3, 0.4) is 0 Å². The molecule has 0 fully saturated rings. The van der Waals surface area contributed by atoms with E-state index in [1.807, 2.05) is 19.1 Å². The Morgan fingerprint density at radius 2 is 2.00 bits per heavy atom. The third kappa shape index (κ3) is 4.48. The summed E-state index contributed by atoms with van der Waals surface area (Å²) in [7, 11) is 0. The molecule has 1 aliphatic rings. The normalized spacial score (nSPS) is 14.8. The van der Waals surface area contributed by atoms with Gasteiger partial charge in [-0.25, -0.2) is 4.39 Å². The quantitative estimate of drug-likeness (QED) is 0.799. The highest BCUT2D eigenvalue weighted by Crippen LogP contribution is 2.35. The molecule has 0 radical (unpaired) electrons. The second-order valence-electron chi connectivity index (χ2n) is 6.95. The van der Waals surface area contributed by atoms with Crippen molar-refractivity contribution in [3.63, 3.8) is 0 Å². The molecule has 27 heavy (non-hydrogen) atoms. The maximum absolute atomic E-state index is 13.6. The summed E-state index contributed by atoms with van der Waals surface area (Å²) in [5.74, 6) is 0.259. The zero-order chi connectivity index (χ0) is 19.4. The zero-order valence-electron chi connectivity index (χ0n) is 15.9. The second kappa shape index (κ2) is 8.25. The number of anilines is 1. The molecule has 1 heterocycles. The Balaban J connectivity index is 1.71. The van der Waals surface area contributed by atoms with E-state index >= 15 is 0 Å². The fraction of sp³-hybridized carbons (Fsp3) is 0.318. The maximum Gasteiger partial charge on any atom is 0.244 e. The van der Waals surface area contributed by atoms with Gasteiger partial charge in [0.05, 0.1) is 18.3 Å². The van der Waals surface area contributed by atoms with Crippen LogP contribution < -0.4 is 15.0 Å². The van der Waals surface area contributed by atoms with Crippen molar-refractivity contribution >= 4 is 17.7 Å². The summed E-state index contributed by atoms with van der Waals surface area (Å²) in [5, 5.41) is 2.93. The highest BCUT2D eigenvalue weighted by molar-refractivity contribution is 5.92. The Bertz CT molecular complexity index is 848. The SMILES string of the molecule is CC(NC(=O)/C=C/c1ccccc1F)c1ccc2c(c1)N(C(C)C)CCO2. The number of carbonyl (C=O) groups is 1. The number of hydrogen-bond acceptors (Lipinski definition) is 3. The molecular weight excluding hydrogens is 343 g/mol. The first-order valence-electron chi connectivity index (χ1n) is 9.22. The minimum atomic E-state index is -0.349. The third-order valence-corrected chi connectivity index (χ3v) is 4.68. The van der Waals surface area contributed by atoms with Gasteiger partial charge in [0.25, 0.3) is 0 Å². The van der Waals surface area contributed by atoms with Gasteiger partial charge in [-0.15, -0.1) is 0 Å². The monoisotopic (exact) mass is 368 g/mol. The van der Waals surface area contributed by atoms with E-state index in [4.69, 9.17) is 4.74 Å². The maximum atomic E-state index is 13.6. The van der Waals surface area contributed by atoms with Gasteiger partial charge in [-0.2, -0.15) is 0 Å². The van der Waals surface area contributed by atoms with Crippen LogP contribution in [0.2, 0.25) is 0 Å². The number of halogens is 1. The molecule has 1 atom stereocenters. The Kier molecular flexibility index (Phi) is 5.79. The van der Waals surface area contributed by atoms with Crippen molar-refractivity contribution in [1.82, 2.24) is 5.32 Å². The Morgan fingerprint density at radius 3 is 2.74 bits per heavy atom. The molecular formula is C22H25FN2O2. The van der Waals surface area contributed by atoms with Crippen LogP contribution in [0, 0.1) is 5.82 Å². The van der Waals surface area contributed by atoms with Crippen LogP contribution in [0.5, 0.6) is 5.75 Å². The van der Waals surface area contributed by atoms with Crippen LogP contribution in [0.4, 0.5) is 10.1 Å². The molecule has 5 heteroatoms. The van der Waals surface area contributed by atoms with Crippen molar-refractivity contribution in [1.29, 1.82) is 0 Å². The van der Waals surface area contributed by atoms with Gasteiger partial charge >= 0.3 is 0 Å². The summed E-state index contributed by atoms with van der Waals surface area (Å²) < 4.78 is 19.4. The van der Waals surface area contributed by atoms with E-state index < -0.39 is 0 Å². The average molecular weight is 368 g/mol. The van der Waals surface area contributed by atoms with Gasteiger partial charge in [0, 0.05) is 17.7 Å². The van der Waals surface area contributed by atoms with Crippen molar-refractivity contribution in [2.24, 2.45) is 0 Å². The molecule has 0 aliphatic carbocycles. The Hall–Kier alpha value is -2.82. The third-order valence-electron chi connectivity index (χ3n) is 4.68. The van der Waals surface area contributed by atoms with Crippen molar-refractivity contribution in [2.75, 3.05) is 18.1 Å². The molecule has 0 saturated carbocycles. The Morgan fingerprint density at radius 1 is 1.22 bits per heavy atom. The zero-order valence-corrected chi connectivity index (χ0v) is 15.9. The molecule has 142 valence electrons. The molecule has 1 amide bonds. The topological polar surface area (TPSA) is 41.6 Å². The van der Waals surface area contributed by atoms with E-state index in [9.17, 15) is 9.18 Å². The molecule has 0 saturated heterocycles. The van der Waals surface area contributed by atoms with Crippen LogP contribution in [0.15, 0.2) is 48.5 Å². The lowest BCUT2D eigenvalue weighted by atomic mass is 10.0. The Labute approximate surface area is 159 Å². The van der Waals surface area contributed by atoms with Crippen LogP contribution in [-0.2, 0) is 4.79 Å². The van der Waals surface area contributed by atoms with Crippen LogP contribution >= 0.6 is 0 Å². The van der Waals surface area contributed by atoms with Gasteiger partial charge in [0.15, 0.2) is 0 Å². The molecule has 2 aromatic rings. The summed E-state index contributed by atoms with van der Waals surface area (Å²) in [6.45, 7) is 7.76. The number of nitrogens with one attached hydrogen (secondary N) is 1. The summed E-state index contributed by atoms with van der Waals surface area (Å²) in [4.78, 5) is 14.5. The molecule has 0 aromatic heterocycles. The van der Waals surface area contributed by atoms with Gasteiger partial charge in [0.2, 0.25) is 5.91 Å². The van der Waals surface area contributed by atoms with E-state index in [0.29, 0.717) is 18.2 Å². The number of amides is 1. The molecule has 1 unspecified atom stereocenters. The summed E-state index contributed by atoms with van der Waals surface area (Å²) >= 11 is 0. The number of ether oxygens (including phenoxy) is 1. The first-order chi connectivity index (χ1) is 13.0. The largest absolute Gasteiger partial charge is 0.490 e. The van der Waals surface area contributed by atoms with E-state index in [0.717, 1.165) is 23.5 Å². The predicted octanol–water partition coefficient (Wildman–Crippen LogP) is 4.32. The highest BCUT2D eigenvalue weighted by atomic mass is 19.1.